The van der Waals surface area contributed by atoms with Crippen molar-refractivity contribution < 1.29 is 23.5 Å². The monoisotopic (exact) mass is 324 g/mol. The van der Waals surface area contributed by atoms with Crippen LogP contribution in [0.5, 0.6) is 0 Å². The van der Waals surface area contributed by atoms with Crippen LogP contribution in [0.1, 0.15) is 26.3 Å². The number of carbonyl (C=O) groups is 2. The van der Waals surface area contributed by atoms with E-state index in [9.17, 15) is 14.0 Å². The number of anilines is 1. The molecule has 7 heteroatoms. The van der Waals surface area contributed by atoms with Gasteiger partial charge in [-0.15, -0.1) is 0 Å². The maximum atomic E-state index is 13.6. The fraction of sp³-hybridized carbons (Fsp3) is 0.500. The number of amides is 2. The van der Waals surface area contributed by atoms with Crippen molar-refractivity contribution in [1.29, 1.82) is 0 Å². The zero-order valence-corrected chi connectivity index (χ0v) is 13.7. The van der Waals surface area contributed by atoms with E-state index in [0.29, 0.717) is 11.3 Å². The van der Waals surface area contributed by atoms with Gasteiger partial charge in [-0.3, -0.25) is 4.90 Å². The fourth-order valence-corrected chi connectivity index (χ4v) is 2.10. The van der Waals surface area contributed by atoms with Gasteiger partial charge in [-0.05, 0) is 45.4 Å². The van der Waals surface area contributed by atoms with E-state index in [1.165, 1.54) is 11.0 Å². The van der Waals surface area contributed by atoms with Gasteiger partial charge in [0.25, 0.3) is 0 Å². The molecule has 0 aliphatic carbocycles. The van der Waals surface area contributed by atoms with Crippen LogP contribution < -0.4 is 10.2 Å². The lowest BCUT2D eigenvalue weighted by Gasteiger charge is -2.20. The largest absolute Gasteiger partial charge is 0.444 e. The van der Waals surface area contributed by atoms with Gasteiger partial charge in [0, 0.05) is 0 Å². The van der Waals surface area contributed by atoms with Gasteiger partial charge >= 0.3 is 12.2 Å². The van der Waals surface area contributed by atoms with Crippen molar-refractivity contribution in [2.24, 2.45) is 0 Å². The highest BCUT2D eigenvalue weighted by Crippen LogP contribution is 2.23. The Morgan fingerprint density at radius 2 is 2.17 bits per heavy atom. The normalized spacial score (nSPS) is 17.9. The minimum atomic E-state index is -0.595. The first-order valence-electron chi connectivity index (χ1n) is 7.37. The Hall–Kier alpha value is -2.31. The summed E-state index contributed by atoms with van der Waals surface area (Å²) in [7, 11) is 0. The summed E-state index contributed by atoms with van der Waals surface area (Å²) in [4.78, 5) is 24.8. The van der Waals surface area contributed by atoms with Gasteiger partial charge in [0.15, 0.2) is 0 Å². The molecule has 2 rings (SSSR count). The van der Waals surface area contributed by atoms with Crippen molar-refractivity contribution in [1.82, 2.24) is 5.32 Å². The minimum absolute atomic E-state index is 0.130. The number of nitrogens with one attached hydrogen (secondary N) is 1. The number of alkyl carbamates (subject to hydrolysis) is 1. The topological polar surface area (TPSA) is 67.9 Å². The van der Waals surface area contributed by atoms with E-state index < -0.39 is 23.9 Å². The standard InChI is InChI=1S/C16H21FN2O4/c1-10-5-6-11(7-13(10)17)19-9-12(22-15(19)21)8-18-14(20)23-16(2,3)4/h5-7,12H,8-9H2,1-4H3,(H,18,20)/t12-/m0/s1. The van der Waals surface area contributed by atoms with Gasteiger partial charge in [-0.2, -0.15) is 0 Å². The second-order valence-electron chi connectivity index (χ2n) is 6.43. The van der Waals surface area contributed by atoms with Crippen molar-refractivity contribution >= 4 is 17.9 Å². The van der Waals surface area contributed by atoms with Crippen molar-refractivity contribution in [3.63, 3.8) is 0 Å². The van der Waals surface area contributed by atoms with Crippen molar-refractivity contribution in [3.05, 3.63) is 29.6 Å². The van der Waals surface area contributed by atoms with Crippen LogP contribution in [0.2, 0.25) is 0 Å². The van der Waals surface area contributed by atoms with Gasteiger partial charge in [0.2, 0.25) is 0 Å². The number of halogens is 1. The maximum Gasteiger partial charge on any atom is 0.414 e. The van der Waals surface area contributed by atoms with Crippen LogP contribution in [0.15, 0.2) is 18.2 Å². The molecule has 2 amide bonds. The minimum Gasteiger partial charge on any atom is -0.444 e. The molecule has 1 aromatic carbocycles. The van der Waals surface area contributed by atoms with E-state index in [2.05, 4.69) is 5.32 Å². The van der Waals surface area contributed by atoms with Crippen LogP contribution in [0.25, 0.3) is 0 Å². The summed E-state index contributed by atoms with van der Waals surface area (Å²) in [6.07, 6.45) is -1.66. The van der Waals surface area contributed by atoms with Crippen LogP contribution in [-0.2, 0) is 9.47 Å². The molecule has 1 aromatic rings. The number of carbonyl (C=O) groups excluding carboxylic acids is 2. The van der Waals surface area contributed by atoms with E-state index >= 15 is 0 Å². The van der Waals surface area contributed by atoms with Crippen molar-refractivity contribution in [3.8, 4) is 0 Å². The lowest BCUT2D eigenvalue weighted by Crippen LogP contribution is -2.38. The van der Waals surface area contributed by atoms with Crippen LogP contribution in [0, 0.1) is 12.7 Å². The van der Waals surface area contributed by atoms with Crippen LogP contribution in [-0.4, -0.2) is 37.0 Å². The Morgan fingerprint density at radius 3 is 2.78 bits per heavy atom. The Balaban J connectivity index is 1.92. The zero-order valence-electron chi connectivity index (χ0n) is 13.7. The molecule has 0 bridgehead atoms. The maximum absolute atomic E-state index is 13.6. The Labute approximate surface area is 134 Å². The molecule has 6 nitrogen and oxygen atoms in total. The molecule has 0 unspecified atom stereocenters. The molecule has 1 atom stereocenters. The summed E-state index contributed by atoms with van der Waals surface area (Å²) >= 11 is 0. The number of hydrogen-bond donors (Lipinski definition) is 1. The number of aryl methyl sites for hydroxylation is 1. The lowest BCUT2D eigenvalue weighted by atomic mass is 10.2. The molecule has 1 heterocycles. The van der Waals surface area contributed by atoms with Crippen LogP contribution in [0.3, 0.4) is 0 Å². The number of rotatable bonds is 3. The number of ether oxygens (including phenoxy) is 2. The average Bonchev–Trinajstić information content (AvgIpc) is 2.79. The molecular formula is C16H21FN2O4. The summed E-state index contributed by atoms with van der Waals surface area (Å²) in [6.45, 7) is 7.29. The zero-order chi connectivity index (χ0) is 17.2. The molecular weight excluding hydrogens is 303 g/mol. The predicted octanol–water partition coefficient (Wildman–Crippen LogP) is 2.98. The Bertz CT molecular complexity index is 613. The van der Waals surface area contributed by atoms with Gasteiger partial charge in [-0.25, -0.2) is 14.0 Å². The molecule has 0 aromatic heterocycles. The Kier molecular flexibility index (Phi) is 4.77. The Morgan fingerprint density at radius 1 is 1.48 bits per heavy atom. The summed E-state index contributed by atoms with van der Waals surface area (Å²) < 4.78 is 23.9. The lowest BCUT2D eigenvalue weighted by molar-refractivity contribution is 0.0496. The van der Waals surface area contributed by atoms with Crippen LogP contribution in [0.4, 0.5) is 19.7 Å². The highest BCUT2D eigenvalue weighted by Gasteiger charge is 2.33. The van der Waals surface area contributed by atoms with E-state index in [-0.39, 0.29) is 18.9 Å². The fourth-order valence-electron chi connectivity index (χ4n) is 2.10. The van der Waals surface area contributed by atoms with E-state index in [1.54, 1.807) is 39.8 Å². The highest BCUT2D eigenvalue weighted by atomic mass is 19.1. The van der Waals surface area contributed by atoms with E-state index in [0.717, 1.165) is 0 Å². The molecule has 0 saturated carbocycles. The molecule has 1 fully saturated rings. The van der Waals surface area contributed by atoms with E-state index in [1.807, 2.05) is 0 Å². The predicted molar refractivity (Wildman–Crippen MR) is 83.0 cm³/mol. The molecule has 1 aliphatic rings. The first-order valence-corrected chi connectivity index (χ1v) is 7.37. The van der Waals surface area contributed by atoms with Gasteiger partial charge in [0.1, 0.15) is 17.5 Å². The second kappa shape index (κ2) is 6.44. The van der Waals surface area contributed by atoms with Gasteiger partial charge < -0.3 is 14.8 Å². The van der Waals surface area contributed by atoms with Crippen molar-refractivity contribution in [2.75, 3.05) is 18.0 Å². The molecule has 126 valence electrons. The molecule has 0 radical (unpaired) electrons. The van der Waals surface area contributed by atoms with Crippen molar-refractivity contribution in [2.45, 2.75) is 39.4 Å². The highest BCUT2D eigenvalue weighted by molar-refractivity contribution is 5.89. The first-order chi connectivity index (χ1) is 10.7. The van der Waals surface area contributed by atoms with Gasteiger partial charge in [-0.1, -0.05) is 6.07 Å². The molecule has 23 heavy (non-hydrogen) atoms. The number of benzene rings is 1. The average molecular weight is 324 g/mol. The number of cyclic esters (lactones) is 1. The van der Waals surface area contributed by atoms with E-state index in [4.69, 9.17) is 9.47 Å². The quantitative estimate of drug-likeness (QED) is 0.928. The molecule has 1 saturated heterocycles. The first kappa shape index (κ1) is 17.1. The third-order valence-electron chi connectivity index (χ3n) is 3.21. The molecule has 1 aliphatic heterocycles. The van der Waals surface area contributed by atoms with Crippen LogP contribution >= 0.6 is 0 Å². The second-order valence-corrected chi connectivity index (χ2v) is 6.43. The smallest absolute Gasteiger partial charge is 0.414 e. The summed E-state index contributed by atoms with van der Waals surface area (Å²) in [5.41, 5.74) is 0.337. The number of hydrogen-bond acceptors (Lipinski definition) is 4. The third-order valence-corrected chi connectivity index (χ3v) is 3.21. The summed E-state index contributed by atoms with van der Waals surface area (Å²) in [5, 5.41) is 2.56. The molecule has 0 spiro atoms. The summed E-state index contributed by atoms with van der Waals surface area (Å²) in [5.74, 6) is -0.384. The molecule has 1 N–H and O–H groups in total. The van der Waals surface area contributed by atoms with Gasteiger partial charge in [0.05, 0.1) is 18.8 Å². The third kappa shape index (κ3) is 4.58. The SMILES string of the molecule is Cc1ccc(N2C[C@H](CNC(=O)OC(C)(C)C)OC2=O)cc1F. The number of nitrogens with zero attached hydrogens (tertiary/aromatic N) is 1. The summed E-state index contributed by atoms with van der Waals surface area (Å²) in [6, 6.07) is 4.55.